The highest BCUT2D eigenvalue weighted by Crippen LogP contribution is 2.32. The molecule has 0 spiro atoms. The van der Waals surface area contributed by atoms with Gasteiger partial charge in [-0.2, -0.15) is 0 Å². The van der Waals surface area contributed by atoms with Crippen molar-refractivity contribution in [3.63, 3.8) is 0 Å². The Morgan fingerprint density at radius 2 is 2.24 bits per heavy atom. The van der Waals surface area contributed by atoms with Crippen molar-refractivity contribution in [2.24, 2.45) is 0 Å². The number of carbonyl (C=O) groups is 2. The number of esters is 1. The molecule has 0 saturated heterocycles. The van der Waals surface area contributed by atoms with Crippen molar-refractivity contribution in [2.75, 3.05) is 0 Å². The van der Waals surface area contributed by atoms with Crippen molar-refractivity contribution in [2.45, 2.75) is 38.5 Å². The van der Waals surface area contributed by atoms with E-state index in [0.29, 0.717) is 24.4 Å². The highest BCUT2D eigenvalue weighted by Gasteiger charge is 2.21. The highest BCUT2D eigenvalue weighted by molar-refractivity contribution is 5.80. The number of hydrogen-bond donors (Lipinski definition) is 0. The molecule has 0 bridgehead atoms. The Bertz CT molecular complexity index is 437. The van der Waals surface area contributed by atoms with Crippen molar-refractivity contribution in [3.8, 4) is 5.75 Å². The monoisotopic (exact) mass is 232 g/mol. The van der Waals surface area contributed by atoms with E-state index in [-0.39, 0.29) is 11.9 Å². The SMILES string of the molecule is CC(=O)Oc1cccc([C@@H]2CCCC(=O)C2)c1. The van der Waals surface area contributed by atoms with E-state index >= 15 is 0 Å². The second kappa shape index (κ2) is 5.13. The molecule has 1 saturated carbocycles. The van der Waals surface area contributed by atoms with Crippen molar-refractivity contribution < 1.29 is 14.3 Å². The number of hydrogen-bond acceptors (Lipinski definition) is 3. The molecule has 1 aromatic rings. The summed E-state index contributed by atoms with van der Waals surface area (Å²) in [5.74, 6) is 0.862. The number of ether oxygens (including phenoxy) is 1. The molecule has 1 aliphatic carbocycles. The van der Waals surface area contributed by atoms with E-state index in [0.717, 1.165) is 18.4 Å². The number of benzene rings is 1. The summed E-state index contributed by atoms with van der Waals surface area (Å²) in [6, 6.07) is 7.49. The number of rotatable bonds is 2. The van der Waals surface area contributed by atoms with Crippen LogP contribution in [-0.4, -0.2) is 11.8 Å². The first-order chi connectivity index (χ1) is 8.15. The summed E-state index contributed by atoms with van der Waals surface area (Å²) < 4.78 is 5.05. The summed E-state index contributed by atoms with van der Waals surface area (Å²) in [7, 11) is 0. The summed E-state index contributed by atoms with van der Waals surface area (Å²) in [4.78, 5) is 22.3. The lowest BCUT2D eigenvalue weighted by Gasteiger charge is -2.21. The first kappa shape index (κ1) is 11.8. The smallest absolute Gasteiger partial charge is 0.308 e. The fourth-order valence-corrected chi connectivity index (χ4v) is 2.31. The third-order valence-electron chi connectivity index (χ3n) is 3.07. The van der Waals surface area contributed by atoms with Gasteiger partial charge in [0, 0.05) is 19.8 Å². The molecule has 0 aromatic heterocycles. The zero-order chi connectivity index (χ0) is 12.3. The van der Waals surface area contributed by atoms with E-state index in [1.54, 1.807) is 6.07 Å². The van der Waals surface area contributed by atoms with E-state index < -0.39 is 0 Å². The van der Waals surface area contributed by atoms with Crippen molar-refractivity contribution in [1.29, 1.82) is 0 Å². The Balaban J connectivity index is 2.14. The zero-order valence-corrected chi connectivity index (χ0v) is 9.94. The summed E-state index contributed by atoms with van der Waals surface area (Å²) in [5.41, 5.74) is 1.09. The third kappa shape index (κ3) is 3.16. The van der Waals surface area contributed by atoms with Gasteiger partial charge in [-0.15, -0.1) is 0 Å². The van der Waals surface area contributed by atoms with Gasteiger partial charge in [-0.05, 0) is 36.5 Å². The van der Waals surface area contributed by atoms with Crippen LogP contribution in [0.15, 0.2) is 24.3 Å². The molecule has 3 nitrogen and oxygen atoms in total. The summed E-state index contributed by atoms with van der Waals surface area (Å²) in [5, 5.41) is 0. The zero-order valence-electron chi connectivity index (χ0n) is 9.94. The van der Waals surface area contributed by atoms with E-state index in [4.69, 9.17) is 4.74 Å². The summed E-state index contributed by atoms with van der Waals surface area (Å²) in [6.45, 7) is 1.39. The molecule has 1 atom stereocenters. The van der Waals surface area contributed by atoms with Gasteiger partial charge in [-0.3, -0.25) is 9.59 Å². The molecule has 1 aliphatic rings. The van der Waals surface area contributed by atoms with Gasteiger partial charge < -0.3 is 4.74 Å². The summed E-state index contributed by atoms with van der Waals surface area (Å²) >= 11 is 0. The van der Waals surface area contributed by atoms with Gasteiger partial charge in [0.2, 0.25) is 0 Å². The van der Waals surface area contributed by atoms with Crippen LogP contribution in [0, 0.1) is 0 Å². The molecular weight excluding hydrogens is 216 g/mol. The molecule has 90 valence electrons. The van der Waals surface area contributed by atoms with E-state index in [2.05, 4.69) is 0 Å². The molecule has 3 heteroatoms. The van der Waals surface area contributed by atoms with Crippen LogP contribution in [0.4, 0.5) is 0 Å². The molecule has 2 rings (SSSR count). The Hall–Kier alpha value is -1.64. The topological polar surface area (TPSA) is 43.4 Å². The van der Waals surface area contributed by atoms with E-state index in [1.165, 1.54) is 6.92 Å². The van der Waals surface area contributed by atoms with Gasteiger partial charge in [-0.25, -0.2) is 0 Å². The molecular formula is C14H16O3. The standard InChI is InChI=1S/C14H16O3/c1-10(15)17-14-7-3-5-12(9-14)11-4-2-6-13(16)8-11/h3,5,7,9,11H,2,4,6,8H2,1H3/t11-/m1/s1. The molecule has 17 heavy (non-hydrogen) atoms. The van der Waals surface area contributed by atoms with Crippen LogP contribution in [0.2, 0.25) is 0 Å². The fraction of sp³-hybridized carbons (Fsp3) is 0.429. The maximum absolute atomic E-state index is 11.4. The lowest BCUT2D eigenvalue weighted by atomic mass is 9.83. The predicted octanol–water partition coefficient (Wildman–Crippen LogP) is 2.84. The van der Waals surface area contributed by atoms with Crippen molar-refractivity contribution >= 4 is 11.8 Å². The third-order valence-corrected chi connectivity index (χ3v) is 3.07. The minimum atomic E-state index is -0.318. The van der Waals surface area contributed by atoms with Crippen LogP contribution in [0.25, 0.3) is 0 Å². The van der Waals surface area contributed by atoms with Gasteiger partial charge in [0.15, 0.2) is 0 Å². The molecule has 0 aliphatic heterocycles. The highest BCUT2D eigenvalue weighted by atomic mass is 16.5. The minimum absolute atomic E-state index is 0.284. The van der Waals surface area contributed by atoms with Gasteiger partial charge in [0.25, 0.3) is 0 Å². The molecule has 0 amide bonds. The van der Waals surface area contributed by atoms with Crippen LogP contribution >= 0.6 is 0 Å². The van der Waals surface area contributed by atoms with Crippen LogP contribution in [0.5, 0.6) is 5.75 Å². The first-order valence-electron chi connectivity index (χ1n) is 5.95. The molecule has 0 N–H and O–H groups in total. The van der Waals surface area contributed by atoms with Crippen LogP contribution in [-0.2, 0) is 9.59 Å². The van der Waals surface area contributed by atoms with Crippen LogP contribution in [0.1, 0.15) is 44.1 Å². The quantitative estimate of drug-likeness (QED) is 0.581. The second-order valence-corrected chi connectivity index (χ2v) is 4.50. The van der Waals surface area contributed by atoms with Crippen LogP contribution < -0.4 is 4.74 Å². The summed E-state index contributed by atoms with van der Waals surface area (Å²) in [6.07, 6.45) is 3.32. The Morgan fingerprint density at radius 1 is 1.41 bits per heavy atom. The number of Topliss-reactive ketones (excluding diaryl/α,β-unsaturated/α-hetero) is 1. The van der Waals surface area contributed by atoms with Gasteiger partial charge >= 0.3 is 5.97 Å². The lowest BCUT2D eigenvalue weighted by molar-refractivity contribution is -0.132. The maximum Gasteiger partial charge on any atom is 0.308 e. The van der Waals surface area contributed by atoms with Gasteiger partial charge in [0.05, 0.1) is 0 Å². The Kier molecular flexibility index (Phi) is 3.57. The average Bonchev–Trinajstić information content (AvgIpc) is 2.28. The van der Waals surface area contributed by atoms with Gasteiger partial charge in [0.1, 0.15) is 11.5 Å². The van der Waals surface area contributed by atoms with E-state index in [9.17, 15) is 9.59 Å². The number of ketones is 1. The minimum Gasteiger partial charge on any atom is -0.427 e. The first-order valence-corrected chi connectivity index (χ1v) is 5.95. The Morgan fingerprint density at radius 3 is 2.94 bits per heavy atom. The van der Waals surface area contributed by atoms with Gasteiger partial charge in [-0.1, -0.05) is 12.1 Å². The largest absolute Gasteiger partial charge is 0.427 e. The predicted molar refractivity (Wildman–Crippen MR) is 64.0 cm³/mol. The molecule has 0 unspecified atom stereocenters. The number of carbonyl (C=O) groups excluding carboxylic acids is 2. The fourth-order valence-electron chi connectivity index (χ4n) is 2.31. The van der Waals surface area contributed by atoms with Crippen molar-refractivity contribution in [1.82, 2.24) is 0 Å². The normalized spacial score (nSPS) is 20.1. The molecule has 0 radical (unpaired) electrons. The Labute approximate surface area is 101 Å². The maximum atomic E-state index is 11.4. The lowest BCUT2D eigenvalue weighted by Crippen LogP contribution is -2.13. The second-order valence-electron chi connectivity index (χ2n) is 4.50. The van der Waals surface area contributed by atoms with E-state index in [1.807, 2.05) is 18.2 Å². The molecule has 1 aromatic carbocycles. The average molecular weight is 232 g/mol. The molecule has 1 fully saturated rings. The molecule has 0 heterocycles. The van der Waals surface area contributed by atoms with Crippen LogP contribution in [0.3, 0.4) is 0 Å². The van der Waals surface area contributed by atoms with Crippen molar-refractivity contribution in [3.05, 3.63) is 29.8 Å².